The minimum Gasteiger partial charge on any atom is -0.495 e. The Morgan fingerprint density at radius 2 is 2.05 bits per heavy atom. The molecular formula is C12H15N5O4S. The molecule has 0 aliphatic heterocycles. The number of hydrogen-bond acceptors (Lipinski definition) is 7. The van der Waals surface area contributed by atoms with Gasteiger partial charge in [-0.1, -0.05) is 11.2 Å². The number of aryl methyl sites for hydroxylation is 2. The van der Waals surface area contributed by atoms with E-state index in [9.17, 15) is 13.2 Å². The van der Waals surface area contributed by atoms with Crippen molar-refractivity contribution < 1.29 is 17.9 Å². The van der Waals surface area contributed by atoms with E-state index in [4.69, 9.17) is 4.74 Å². The van der Waals surface area contributed by atoms with Crippen LogP contribution < -0.4 is 10.1 Å². The van der Waals surface area contributed by atoms with Crippen LogP contribution in [0.25, 0.3) is 0 Å². The molecule has 0 bridgehead atoms. The summed E-state index contributed by atoms with van der Waals surface area (Å²) >= 11 is 0. The van der Waals surface area contributed by atoms with Crippen molar-refractivity contribution in [1.82, 2.24) is 20.2 Å². The Labute approximate surface area is 127 Å². The number of ether oxygens (including phenoxy) is 1. The van der Waals surface area contributed by atoms with Gasteiger partial charge in [0.1, 0.15) is 4.90 Å². The van der Waals surface area contributed by atoms with E-state index >= 15 is 0 Å². The van der Waals surface area contributed by atoms with Gasteiger partial charge in [-0.15, -0.1) is 0 Å². The molecule has 2 rings (SSSR count). The third-order valence-electron chi connectivity index (χ3n) is 2.97. The lowest BCUT2D eigenvalue weighted by molar-refractivity contribution is 0.102. The normalized spacial score (nSPS) is 11.3. The van der Waals surface area contributed by atoms with Crippen LogP contribution in [0.2, 0.25) is 0 Å². The van der Waals surface area contributed by atoms with Gasteiger partial charge in [0.25, 0.3) is 5.91 Å². The molecule has 1 amide bonds. The molecule has 0 aliphatic carbocycles. The van der Waals surface area contributed by atoms with Crippen LogP contribution in [-0.4, -0.2) is 47.9 Å². The first-order chi connectivity index (χ1) is 10.3. The number of benzene rings is 1. The first-order valence-electron chi connectivity index (χ1n) is 6.17. The van der Waals surface area contributed by atoms with E-state index in [0.717, 1.165) is 6.26 Å². The maximum atomic E-state index is 12.3. The van der Waals surface area contributed by atoms with E-state index < -0.39 is 15.7 Å². The zero-order chi connectivity index (χ0) is 16.5. The average Bonchev–Trinajstić information content (AvgIpc) is 2.82. The van der Waals surface area contributed by atoms with Crippen molar-refractivity contribution in [3.05, 3.63) is 23.3 Å². The van der Waals surface area contributed by atoms with Crippen LogP contribution in [0.5, 0.6) is 5.75 Å². The number of rotatable bonds is 4. The first kappa shape index (κ1) is 15.9. The molecule has 1 heterocycles. The zero-order valence-electron chi connectivity index (χ0n) is 12.5. The quantitative estimate of drug-likeness (QED) is 0.852. The van der Waals surface area contributed by atoms with Gasteiger partial charge < -0.3 is 4.74 Å². The molecule has 1 aromatic carbocycles. The van der Waals surface area contributed by atoms with E-state index in [-0.39, 0.29) is 22.2 Å². The smallest absolute Gasteiger partial charge is 0.261 e. The number of hydrogen-bond donors (Lipinski definition) is 1. The van der Waals surface area contributed by atoms with Crippen LogP contribution in [0, 0.1) is 6.92 Å². The van der Waals surface area contributed by atoms with Crippen molar-refractivity contribution in [3.8, 4) is 5.75 Å². The maximum absolute atomic E-state index is 12.3. The van der Waals surface area contributed by atoms with E-state index in [1.165, 1.54) is 17.9 Å². The van der Waals surface area contributed by atoms with Crippen LogP contribution in [0.3, 0.4) is 0 Å². The van der Waals surface area contributed by atoms with Crippen LogP contribution in [0.4, 0.5) is 5.95 Å². The van der Waals surface area contributed by atoms with Crippen LogP contribution >= 0.6 is 0 Å². The summed E-state index contributed by atoms with van der Waals surface area (Å²) in [5.74, 6) is -0.441. The first-order valence-corrected chi connectivity index (χ1v) is 8.06. The highest BCUT2D eigenvalue weighted by molar-refractivity contribution is 7.90. The molecule has 2 aromatic rings. The Hall–Kier alpha value is -2.49. The highest BCUT2D eigenvalue weighted by Gasteiger charge is 2.24. The van der Waals surface area contributed by atoms with Crippen molar-refractivity contribution in [2.45, 2.75) is 11.8 Å². The Morgan fingerprint density at radius 3 is 2.55 bits per heavy atom. The summed E-state index contributed by atoms with van der Waals surface area (Å²) in [7, 11) is -0.684. The lowest BCUT2D eigenvalue weighted by atomic mass is 10.1. The van der Waals surface area contributed by atoms with Gasteiger partial charge in [-0.3, -0.25) is 10.1 Å². The van der Waals surface area contributed by atoms with Gasteiger partial charge >= 0.3 is 0 Å². The number of nitrogens with zero attached hydrogens (tertiary/aromatic N) is 4. The fraction of sp³-hybridized carbons (Fsp3) is 0.333. The summed E-state index contributed by atoms with van der Waals surface area (Å²) < 4.78 is 30.3. The molecule has 1 aromatic heterocycles. The highest BCUT2D eigenvalue weighted by Crippen LogP contribution is 2.31. The van der Waals surface area contributed by atoms with Crippen LogP contribution in [0.15, 0.2) is 17.0 Å². The molecule has 10 heteroatoms. The number of methoxy groups -OCH3 is 1. The molecule has 0 aliphatic rings. The van der Waals surface area contributed by atoms with Gasteiger partial charge in [0.05, 0.1) is 12.7 Å². The number of carbonyl (C=O) groups is 1. The monoisotopic (exact) mass is 325 g/mol. The number of sulfone groups is 1. The largest absolute Gasteiger partial charge is 0.495 e. The van der Waals surface area contributed by atoms with Gasteiger partial charge in [-0.25, -0.2) is 13.1 Å². The number of amides is 1. The second kappa shape index (κ2) is 5.72. The van der Waals surface area contributed by atoms with Gasteiger partial charge in [0.15, 0.2) is 15.6 Å². The minimum absolute atomic E-state index is 0.00451. The SMILES string of the molecule is COc1c(C(=O)Nc2nnnn2C)ccc(C)c1S(C)(=O)=O. The summed E-state index contributed by atoms with van der Waals surface area (Å²) in [5.41, 5.74) is 0.577. The van der Waals surface area contributed by atoms with Crippen molar-refractivity contribution in [2.75, 3.05) is 18.7 Å². The molecular weight excluding hydrogens is 310 g/mol. The fourth-order valence-corrected chi connectivity index (χ4v) is 3.19. The summed E-state index contributed by atoms with van der Waals surface area (Å²) in [4.78, 5) is 12.3. The average molecular weight is 325 g/mol. The number of aromatic nitrogens is 4. The Bertz CT molecular complexity index is 828. The van der Waals surface area contributed by atoms with Gasteiger partial charge in [-0.2, -0.15) is 0 Å². The van der Waals surface area contributed by atoms with E-state index in [1.807, 2.05) is 0 Å². The molecule has 0 fully saturated rings. The topological polar surface area (TPSA) is 116 Å². The molecule has 0 saturated heterocycles. The van der Waals surface area contributed by atoms with Gasteiger partial charge in [0, 0.05) is 13.3 Å². The van der Waals surface area contributed by atoms with Crippen molar-refractivity contribution >= 4 is 21.7 Å². The highest BCUT2D eigenvalue weighted by atomic mass is 32.2. The predicted octanol–water partition coefficient (Wildman–Crippen LogP) is 0.183. The van der Waals surface area contributed by atoms with Crippen molar-refractivity contribution in [3.63, 3.8) is 0 Å². The second-order valence-corrected chi connectivity index (χ2v) is 6.60. The molecule has 9 nitrogen and oxygen atoms in total. The van der Waals surface area contributed by atoms with Crippen LogP contribution in [0.1, 0.15) is 15.9 Å². The third-order valence-corrected chi connectivity index (χ3v) is 4.22. The zero-order valence-corrected chi connectivity index (χ0v) is 13.3. The minimum atomic E-state index is -3.55. The molecule has 22 heavy (non-hydrogen) atoms. The van der Waals surface area contributed by atoms with Crippen LogP contribution in [-0.2, 0) is 16.9 Å². The summed E-state index contributed by atoms with van der Waals surface area (Å²) in [6.07, 6.45) is 1.06. The number of nitrogens with one attached hydrogen (secondary N) is 1. The molecule has 1 N–H and O–H groups in total. The Kier molecular flexibility index (Phi) is 4.13. The summed E-state index contributed by atoms with van der Waals surface area (Å²) in [5, 5.41) is 13.1. The summed E-state index contributed by atoms with van der Waals surface area (Å²) in [6.45, 7) is 1.63. The Morgan fingerprint density at radius 1 is 1.36 bits per heavy atom. The van der Waals surface area contributed by atoms with E-state index in [1.54, 1.807) is 20.0 Å². The van der Waals surface area contributed by atoms with Crippen molar-refractivity contribution in [2.24, 2.45) is 7.05 Å². The maximum Gasteiger partial charge on any atom is 0.261 e. The third kappa shape index (κ3) is 2.91. The Balaban J connectivity index is 2.52. The van der Waals surface area contributed by atoms with E-state index in [2.05, 4.69) is 20.8 Å². The number of anilines is 1. The molecule has 118 valence electrons. The number of carbonyl (C=O) groups excluding carboxylic acids is 1. The number of tetrazole rings is 1. The molecule has 0 spiro atoms. The fourth-order valence-electron chi connectivity index (χ4n) is 2.01. The molecule has 0 atom stereocenters. The molecule has 0 unspecified atom stereocenters. The van der Waals surface area contributed by atoms with Gasteiger partial charge in [-0.05, 0) is 29.0 Å². The lowest BCUT2D eigenvalue weighted by Crippen LogP contribution is -2.18. The molecule has 0 radical (unpaired) electrons. The van der Waals surface area contributed by atoms with E-state index in [0.29, 0.717) is 5.56 Å². The van der Waals surface area contributed by atoms with Gasteiger partial charge in [0.2, 0.25) is 5.95 Å². The summed E-state index contributed by atoms with van der Waals surface area (Å²) in [6, 6.07) is 3.03. The standard InChI is InChI=1S/C12H15N5O4S/c1-7-5-6-8(9(21-3)10(7)22(4,19)20)11(18)13-12-14-15-16-17(12)2/h5-6H,1-4H3,(H,13,14,16,18). The predicted molar refractivity (Wildman–Crippen MR) is 77.6 cm³/mol. The second-order valence-electron chi connectivity index (χ2n) is 4.64. The molecule has 0 saturated carbocycles. The lowest BCUT2D eigenvalue weighted by Gasteiger charge is -2.14. The van der Waals surface area contributed by atoms with Crippen molar-refractivity contribution in [1.29, 1.82) is 0 Å².